The van der Waals surface area contributed by atoms with Crippen molar-refractivity contribution in [2.24, 2.45) is 35.5 Å². The first-order chi connectivity index (χ1) is 18.7. The Kier molecular flexibility index (Phi) is 7.67. The van der Waals surface area contributed by atoms with Crippen molar-refractivity contribution < 1.29 is 33.3 Å². The van der Waals surface area contributed by atoms with Gasteiger partial charge in [-0.05, 0) is 128 Å². The van der Waals surface area contributed by atoms with Gasteiger partial charge < -0.3 is 18.9 Å². The van der Waals surface area contributed by atoms with Gasteiger partial charge in [-0.25, -0.2) is 14.4 Å². The van der Waals surface area contributed by atoms with Crippen LogP contribution in [0.1, 0.15) is 105 Å². The third-order valence-electron chi connectivity index (χ3n) is 10.3. The van der Waals surface area contributed by atoms with Gasteiger partial charge in [-0.3, -0.25) is 0 Å². The van der Waals surface area contributed by atoms with Crippen molar-refractivity contribution in [2.75, 3.05) is 0 Å². The van der Waals surface area contributed by atoms with E-state index >= 15 is 0 Å². The number of carbonyl (C=O) groups is 3. The molecule has 7 unspecified atom stereocenters. The summed E-state index contributed by atoms with van der Waals surface area (Å²) in [4.78, 5) is 35.8. The standard InChI is InChI=1S/C19H28O5.C14H20O2/c1-12(2)15(20)22-18-7-13-6-14(8-18)10-19(9-13,11-18)24-16(21)23-17(3,4)5;1-8(2)14(15)16-13-7-9-6-12(13)11-5-3-4-10(9)11/h13-14H,1,6-11H2,2-5H3;9-13H,1,3-7H2,2H3. The third kappa shape index (κ3) is 5.99. The quantitative estimate of drug-likeness (QED) is 0.203. The highest BCUT2D eigenvalue weighted by atomic mass is 16.7. The van der Waals surface area contributed by atoms with Gasteiger partial charge in [0, 0.05) is 17.6 Å². The Morgan fingerprint density at radius 2 is 1.32 bits per heavy atom. The van der Waals surface area contributed by atoms with E-state index in [-0.39, 0.29) is 18.0 Å². The van der Waals surface area contributed by atoms with E-state index in [1.165, 1.54) is 25.7 Å². The van der Waals surface area contributed by atoms with Crippen molar-refractivity contribution in [3.8, 4) is 0 Å². The molecular formula is C33H48O7. The monoisotopic (exact) mass is 556 g/mol. The molecular weight excluding hydrogens is 508 g/mol. The van der Waals surface area contributed by atoms with Crippen LogP contribution in [0.2, 0.25) is 0 Å². The van der Waals surface area contributed by atoms with E-state index in [1.807, 2.05) is 20.8 Å². The van der Waals surface area contributed by atoms with Crippen molar-refractivity contribution in [3.63, 3.8) is 0 Å². The van der Waals surface area contributed by atoms with Gasteiger partial charge in [-0.2, -0.15) is 0 Å². The lowest BCUT2D eigenvalue weighted by Crippen LogP contribution is -2.62. The number of esters is 2. The third-order valence-corrected chi connectivity index (χ3v) is 10.3. The number of ether oxygens (including phenoxy) is 4. The lowest BCUT2D eigenvalue weighted by molar-refractivity contribution is -0.222. The Morgan fingerprint density at radius 1 is 0.750 bits per heavy atom. The Bertz CT molecular complexity index is 1050. The SMILES string of the molecule is C=C(C)C(=O)OC12CC3CC(CC(OC(=O)OC(C)(C)C)(C3)C1)C2.C=C(C)C(=O)OC1CC2CC1C1CCCC21. The van der Waals surface area contributed by atoms with Crippen LogP contribution in [0.5, 0.6) is 0 Å². The minimum absolute atomic E-state index is 0.188. The first-order valence-electron chi connectivity index (χ1n) is 15.3. The maximum absolute atomic E-state index is 12.2. The van der Waals surface area contributed by atoms with E-state index < -0.39 is 23.0 Å². The molecule has 222 valence electrons. The van der Waals surface area contributed by atoms with Crippen LogP contribution in [0.25, 0.3) is 0 Å². The van der Waals surface area contributed by atoms with E-state index in [2.05, 4.69) is 13.2 Å². The summed E-state index contributed by atoms with van der Waals surface area (Å²) in [6.07, 6.45) is 11.3. The molecule has 0 radical (unpaired) electrons. The average molecular weight is 557 g/mol. The second-order valence-corrected chi connectivity index (χ2v) is 14.9. The number of rotatable bonds is 5. The summed E-state index contributed by atoms with van der Waals surface area (Å²) in [5, 5.41) is 0. The highest BCUT2D eigenvalue weighted by molar-refractivity contribution is 5.87. The molecule has 0 saturated heterocycles. The number of fused-ring (bicyclic) bond motifs is 5. The van der Waals surface area contributed by atoms with E-state index in [1.54, 1.807) is 13.8 Å². The first kappa shape index (κ1) is 29.2. The Balaban J connectivity index is 0.000000174. The summed E-state index contributed by atoms with van der Waals surface area (Å²) in [7, 11) is 0. The van der Waals surface area contributed by atoms with Gasteiger partial charge in [0.25, 0.3) is 0 Å². The number of hydrogen-bond donors (Lipinski definition) is 0. The van der Waals surface area contributed by atoms with Gasteiger partial charge in [0.2, 0.25) is 0 Å². The molecule has 7 nitrogen and oxygen atoms in total. The van der Waals surface area contributed by atoms with Gasteiger partial charge in [0.15, 0.2) is 0 Å². The molecule has 0 N–H and O–H groups in total. The van der Waals surface area contributed by atoms with E-state index in [9.17, 15) is 14.4 Å². The zero-order valence-corrected chi connectivity index (χ0v) is 25.1. The van der Waals surface area contributed by atoms with Crippen molar-refractivity contribution in [1.29, 1.82) is 0 Å². The van der Waals surface area contributed by atoms with Gasteiger partial charge in [-0.1, -0.05) is 19.6 Å². The molecule has 7 fully saturated rings. The fraction of sp³-hybridized carbons (Fsp3) is 0.788. The van der Waals surface area contributed by atoms with Gasteiger partial charge >= 0.3 is 18.1 Å². The highest BCUT2D eigenvalue weighted by Gasteiger charge is 2.62. The van der Waals surface area contributed by atoms with Crippen LogP contribution < -0.4 is 0 Å². The van der Waals surface area contributed by atoms with Gasteiger partial charge in [-0.15, -0.1) is 0 Å². The molecule has 0 spiro atoms. The Labute approximate surface area is 239 Å². The van der Waals surface area contributed by atoms with Crippen LogP contribution in [0, 0.1) is 35.5 Å². The summed E-state index contributed by atoms with van der Waals surface area (Å²) in [6, 6.07) is 0. The fourth-order valence-corrected chi connectivity index (χ4v) is 9.44. The van der Waals surface area contributed by atoms with Crippen LogP contribution in [0.4, 0.5) is 4.79 Å². The lowest BCUT2D eigenvalue weighted by atomic mass is 9.52. The first-order valence-corrected chi connectivity index (χ1v) is 15.3. The minimum atomic E-state index is -0.620. The van der Waals surface area contributed by atoms with Crippen molar-refractivity contribution in [1.82, 2.24) is 0 Å². The molecule has 7 saturated carbocycles. The van der Waals surface area contributed by atoms with Gasteiger partial charge in [0.1, 0.15) is 22.9 Å². The van der Waals surface area contributed by atoms with Gasteiger partial charge in [0.05, 0.1) is 0 Å². The molecule has 0 aromatic rings. The predicted octanol–water partition coefficient (Wildman–Crippen LogP) is 7.08. The number of carbonyl (C=O) groups excluding carboxylic acids is 3. The highest BCUT2D eigenvalue weighted by Crippen LogP contribution is 2.61. The molecule has 7 aliphatic carbocycles. The predicted molar refractivity (Wildman–Crippen MR) is 150 cm³/mol. The maximum atomic E-state index is 12.2. The van der Waals surface area contributed by atoms with Crippen LogP contribution >= 0.6 is 0 Å². The zero-order valence-electron chi connectivity index (χ0n) is 25.1. The summed E-state index contributed by atoms with van der Waals surface area (Å²) in [6.45, 7) is 16.2. The van der Waals surface area contributed by atoms with Crippen LogP contribution in [0.3, 0.4) is 0 Å². The lowest BCUT2D eigenvalue weighted by Gasteiger charge is -2.59. The molecule has 7 heteroatoms. The second-order valence-electron chi connectivity index (χ2n) is 14.9. The molecule has 7 atom stereocenters. The van der Waals surface area contributed by atoms with E-state index in [4.69, 9.17) is 18.9 Å². The molecule has 6 bridgehead atoms. The molecule has 0 aromatic carbocycles. The second kappa shape index (κ2) is 10.5. The molecule has 7 aliphatic rings. The summed E-state index contributed by atoms with van der Waals surface area (Å²) in [5.41, 5.74) is -0.702. The van der Waals surface area contributed by atoms with Crippen molar-refractivity contribution in [3.05, 3.63) is 24.3 Å². The smallest absolute Gasteiger partial charge is 0.459 e. The molecule has 0 aromatic heterocycles. The zero-order chi connectivity index (χ0) is 29.0. The fourth-order valence-electron chi connectivity index (χ4n) is 9.44. The van der Waals surface area contributed by atoms with Crippen molar-refractivity contribution >= 4 is 18.1 Å². The van der Waals surface area contributed by atoms with E-state index in [0.29, 0.717) is 35.3 Å². The molecule has 0 heterocycles. The number of hydrogen-bond acceptors (Lipinski definition) is 7. The summed E-state index contributed by atoms with van der Waals surface area (Å²) in [5.74, 6) is 3.68. The van der Waals surface area contributed by atoms with Crippen LogP contribution in [-0.4, -0.2) is 41.0 Å². The summed E-state index contributed by atoms with van der Waals surface area (Å²) < 4.78 is 22.6. The average Bonchev–Trinajstić information content (AvgIpc) is 3.50. The minimum Gasteiger partial charge on any atom is -0.459 e. The largest absolute Gasteiger partial charge is 0.509 e. The normalized spacial score (nSPS) is 40.0. The molecule has 40 heavy (non-hydrogen) atoms. The summed E-state index contributed by atoms with van der Waals surface area (Å²) >= 11 is 0. The molecule has 7 rings (SSSR count). The van der Waals surface area contributed by atoms with Crippen LogP contribution in [-0.2, 0) is 28.5 Å². The van der Waals surface area contributed by atoms with Crippen molar-refractivity contribution in [2.45, 2.75) is 128 Å². The molecule has 0 aliphatic heterocycles. The van der Waals surface area contributed by atoms with Crippen LogP contribution in [0.15, 0.2) is 24.3 Å². The topological polar surface area (TPSA) is 88.1 Å². The maximum Gasteiger partial charge on any atom is 0.509 e. The Morgan fingerprint density at radius 3 is 1.90 bits per heavy atom. The molecule has 0 amide bonds. The Hall–Kier alpha value is -2.31. The van der Waals surface area contributed by atoms with E-state index in [0.717, 1.165) is 56.3 Å².